The standard InChI is InChI=1S/C14H20FNOS/c15-12-6-4-11(5-7-12)14(17)10-16-9-13-3-1-2-8-18-13/h4-7,13-14,16-17H,1-3,8-10H2. The van der Waals surface area contributed by atoms with Gasteiger partial charge in [-0.25, -0.2) is 4.39 Å². The Labute approximate surface area is 112 Å². The summed E-state index contributed by atoms with van der Waals surface area (Å²) >= 11 is 2.02. The molecule has 0 aliphatic carbocycles. The smallest absolute Gasteiger partial charge is 0.123 e. The monoisotopic (exact) mass is 269 g/mol. The zero-order valence-corrected chi connectivity index (χ0v) is 11.3. The van der Waals surface area contributed by atoms with Crippen molar-refractivity contribution >= 4 is 11.8 Å². The summed E-state index contributed by atoms with van der Waals surface area (Å²) in [5.41, 5.74) is 0.764. The van der Waals surface area contributed by atoms with Gasteiger partial charge in [-0.15, -0.1) is 0 Å². The SMILES string of the molecule is OC(CNCC1CCCCS1)c1ccc(F)cc1. The van der Waals surface area contributed by atoms with Crippen LogP contribution in [0.4, 0.5) is 4.39 Å². The van der Waals surface area contributed by atoms with Gasteiger partial charge in [0, 0.05) is 18.3 Å². The van der Waals surface area contributed by atoms with Crippen molar-refractivity contribution in [2.75, 3.05) is 18.8 Å². The molecule has 2 unspecified atom stereocenters. The number of nitrogens with one attached hydrogen (secondary N) is 1. The fourth-order valence-electron chi connectivity index (χ4n) is 2.15. The number of aliphatic hydroxyl groups excluding tert-OH is 1. The lowest BCUT2D eigenvalue weighted by Crippen LogP contribution is -2.30. The van der Waals surface area contributed by atoms with Crippen LogP contribution in [0.25, 0.3) is 0 Å². The molecule has 0 radical (unpaired) electrons. The molecule has 2 N–H and O–H groups in total. The number of benzene rings is 1. The summed E-state index contributed by atoms with van der Waals surface area (Å²) in [5, 5.41) is 13.9. The van der Waals surface area contributed by atoms with Crippen LogP contribution in [-0.2, 0) is 0 Å². The maximum absolute atomic E-state index is 12.7. The highest BCUT2D eigenvalue weighted by Crippen LogP contribution is 2.24. The zero-order chi connectivity index (χ0) is 12.8. The van der Waals surface area contributed by atoms with E-state index in [1.807, 2.05) is 11.8 Å². The molecule has 2 nitrogen and oxygen atoms in total. The molecule has 1 aliphatic heterocycles. The molecule has 1 fully saturated rings. The van der Waals surface area contributed by atoms with Crippen LogP contribution in [0, 0.1) is 5.82 Å². The molecule has 1 heterocycles. The van der Waals surface area contributed by atoms with Crippen molar-refractivity contribution in [2.45, 2.75) is 30.6 Å². The van der Waals surface area contributed by atoms with Crippen LogP contribution in [0.5, 0.6) is 0 Å². The molecule has 1 aromatic carbocycles. The predicted octanol–water partition coefficient (Wildman–Crippen LogP) is 2.73. The van der Waals surface area contributed by atoms with Gasteiger partial charge in [0.15, 0.2) is 0 Å². The molecule has 0 saturated carbocycles. The van der Waals surface area contributed by atoms with Crippen LogP contribution in [0.15, 0.2) is 24.3 Å². The van der Waals surface area contributed by atoms with Crippen molar-refractivity contribution in [3.63, 3.8) is 0 Å². The van der Waals surface area contributed by atoms with Gasteiger partial charge in [-0.1, -0.05) is 18.6 Å². The van der Waals surface area contributed by atoms with Crippen LogP contribution in [0.3, 0.4) is 0 Å². The van der Waals surface area contributed by atoms with Gasteiger partial charge < -0.3 is 10.4 Å². The Morgan fingerprint density at radius 3 is 2.78 bits per heavy atom. The van der Waals surface area contributed by atoms with Gasteiger partial charge >= 0.3 is 0 Å². The Morgan fingerprint density at radius 2 is 2.11 bits per heavy atom. The molecule has 18 heavy (non-hydrogen) atoms. The highest BCUT2D eigenvalue weighted by Gasteiger charge is 2.14. The van der Waals surface area contributed by atoms with Crippen molar-refractivity contribution in [3.05, 3.63) is 35.6 Å². The summed E-state index contributed by atoms with van der Waals surface area (Å²) in [6.07, 6.45) is 3.36. The molecule has 4 heteroatoms. The van der Waals surface area contributed by atoms with Crippen molar-refractivity contribution < 1.29 is 9.50 Å². The average molecular weight is 269 g/mol. The van der Waals surface area contributed by atoms with E-state index < -0.39 is 6.10 Å². The van der Waals surface area contributed by atoms with Gasteiger partial charge in [0.05, 0.1) is 6.10 Å². The van der Waals surface area contributed by atoms with E-state index in [2.05, 4.69) is 5.32 Å². The van der Waals surface area contributed by atoms with E-state index in [-0.39, 0.29) is 5.82 Å². The summed E-state index contributed by atoms with van der Waals surface area (Å²) in [4.78, 5) is 0. The van der Waals surface area contributed by atoms with E-state index in [4.69, 9.17) is 0 Å². The minimum Gasteiger partial charge on any atom is -0.387 e. The maximum atomic E-state index is 12.7. The summed E-state index contributed by atoms with van der Waals surface area (Å²) in [6.45, 7) is 1.48. The topological polar surface area (TPSA) is 32.3 Å². The first-order valence-corrected chi connectivity index (χ1v) is 7.56. The number of rotatable bonds is 5. The second kappa shape index (κ2) is 7.12. The lowest BCUT2D eigenvalue weighted by Gasteiger charge is -2.22. The largest absolute Gasteiger partial charge is 0.387 e. The van der Waals surface area contributed by atoms with Crippen LogP contribution in [-0.4, -0.2) is 29.2 Å². The molecule has 0 spiro atoms. The third-order valence-corrected chi connectivity index (χ3v) is 4.64. The van der Waals surface area contributed by atoms with Crippen LogP contribution >= 0.6 is 11.8 Å². The van der Waals surface area contributed by atoms with E-state index >= 15 is 0 Å². The quantitative estimate of drug-likeness (QED) is 0.862. The van der Waals surface area contributed by atoms with Gasteiger partial charge in [-0.3, -0.25) is 0 Å². The van der Waals surface area contributed by atoms with E-state index in [1.54, 1.807) is 12.1 Å². The first-order chi connectivity index (χ1) is 8.75. The fraction of sp³-hybridized carbons (Fsp3) is 0.571. The molecule has 0 amide bonds. The maximum Gasteiger partial charge on any atom is 0.123 e. The van der Waals surface area contributed by atoms with Gasteiger partial charge in [0.2, 0.25) is 0 Å². The van der Waals surface area contributed by atoms with Crippen molar-refractivity contribution in [2.24, 2.45) is 0 Å². The Hall–Kier alpha value is -0.580. The lowest BCUT2D eigenvalue weighted by molar-refractivity contribution is 0.175. The first-order valence-electron chi connectivity index (χ1n) is 6.51. The van der Waals surface area contributed by atoms with Gasteiger partial charge in [-0.2, -0.15) is 11.8 Å². The Bertz CT molecular complexity index is 351. The van der Waals surface area contributed by atoms with Gasteiger partial charge in [0.25, 0.3) is 0 Å². The molecule has 100 valence electrons. The number of thioether (sulfide) groups is 1. The van der Waals surface area contributed by atoms with E-state index in [1.165, 1.54) is 37.1 Å². The zero-order valence-electron chi connectivity index (χ0n) is 10.4. The molecule has 1 aromatic rings. The van der Waals surface area contributed by atoms with Gasteiger partial charge in [0.1, 0.15) is 5.82 Å². The van der Waals surface area contributed by atoms with E-state index in [0.29, 0.717) is 11.8 Å². The summed E-state index contributed by atoms with van der Waals surface area (Å²) in [6, 6.07) is 6.04. The van der Waals surface area contributed by atoms with Gasteiger partial charge in [-0.05, 0) is 36.3 Å². The van der Waals surface area contributed by atoms with Crippen molar-refractivity contribution in [3.8, 4) is 0 Å². The summed E-state index contributed by atoms with van der Waals surface area (Å²) < 4.78 is 12.7. The minimum atomic E-state index is -0.556. The minimum absolute atomic E-state index is 0.266. The van der Waals surface area contributed by atoms with Crippen molar-refractivity contribution in [1.29, 1.82) is 0 Å². The number of aliphatic hydroxyl groups is 1. The molecular weight excluding hydrogens is 249 g/mol. The first kappa shape index (κ1) is 13.8. The predicted molar refractivity (Wildman–Crippen MR) is 74.3 cm³/mol. The number of hydrogen-bond donors (Lipinski definition) is 2. The molecule has 0 aromatic heterocycles. The van der Waals surface area contributed by atoms with Crippen LogP contribution < -0.4 is 5.32 Å². The third kappa shape index (κ3) is 4.26. The van der Waals surface area contributed by atoms with E-state index in [0.717, 1.165) is 12.1 Å². The van der Waals surface area contributed by atoms with Crippen molar-refractivity contribution in [1.82, 2.24) is 5.32 Å². The van der Waals surface area contributed by atoms with E-state index in [9.17, 15) is 9.50 Å². The highest BCUT2D eigenvalue weighted by molar-refractivity contribution is 7.99. The number of hydrogen-bond acceptors (Lipinski definition) is 3. The van der Waals surface area contributed by atoms with Crippen LogP contribution in [0.1, 0.15) is 30.9 Å². The molecule has 2 rings (SSSR count). The second-order valence-corrected chi connectivity index (χ2v) is 6.12. The molecule has 1 saturated heterocycles. The summed E-state index contributed by atoms with van der Waals surface area (Å²) in [5.74, 6) is 0.991. The highest BCUT2D eigenvalue weighted by atomic mass is 32.2. The molecule has 1 aliphatic rings. The molecule has 2 atom stereocenters. The normalized spacial score (nSPS) is 21.8. The van der Waals surface area contributed by atoms with Crippen LogP contribution in [0.2, 0.25) is 0 Å². The third-order valence-electron chi connectivity index (χ3n) is 3.24. The molecule has 0 bridgehead atoms. The molecular formula is C14H20FNOS. The Kier molecular flexibility index (Phi) is 5.47. The Morgan fingerprint density at radius 1 is 1.33 bits per heavy atom. The number of halogens is 1. The second-order valence-electron chi connectivity index (χ2n) is 4.71. The summed E-state index contributed by atoms with van der Waals surface area (Å²) in [7, 11) is 0. The fourth-order valence-corrected chi connectivity index (χ4v) is 3.43. The average Bonchev–Trinajstić information content (AvgIpc) is 2.40. The lowest BCUT2D eigenvalue weighted by atomic mass is 10.1. The Balaban J connectivity index is 1.70.